The molecule has 5 aliphatic rings. The number of carbonyl (C=O) groups excluding carboxylic acids is 2. The van der Waals surface area contributed by atoms with E-state index in [-0.39, 0.29) is 51.9 Å². The molecule has 7 heteroatoms. The van der Waals surface area contributed by atoms with Crippen molar-refractivity contribution in [2.75, 3.05) is 0 Å². The summed E-state index contributed by atoms with van der Waals surface area (Å²) in [5.74, 6) is 0.847. The summed E-state index contributed by atoms with van der Waals surface area (Å²) >= 11 is 12.5. The van der Waals surface area contributed by atoms with Gasteiger partial charge in [0.2, 0.25) is 0 Å². The molecular weight excluding hydrogens is 677 g/mol. The van der Waals surface area contributed by atoms with Crippen molar-refractivity contribution in [1.82, 2.24) is 0 Å². The normalized spacial score (nSPS) is 37.3. The van der Waals surface area contributed by atoms with Crippen LogP contribution in [0.2, 0.25) is 10.0 Å². The van der Waals surface area contributed by atoms with E-state index in [1.54, 1.807) is 12.1 Å². The van der Waals surface area contributed by atoms with Gasteiger partial charge in [0.1, 0.15) is 18.9 Å². The number of hydrogen-bond acceptors (Lipinski definition) is 5. The summed E-state index contributed by atoms with van der Waals surface area (Å²) in [6.07, 6.45) is 10.9. The Bertz CT molecular complexity index is 1780. The van der Waals surface area contributed by atoms with Gasteiger partial charge in [-0.25, -0.2) is 0 Å². The van der Waals surface area contributed by atoms with Crippen LogP contribution in [0.4, 0.5) is 0 Å². The molecule has 274 valence electrons. The van der Waals surface area contributed by atoms with E-state index in [0.717, 1.165) is 62.5 Å². The lowest BCUT2D eigenvalue weighted by Gasteiger charge is -2.70. The predicted molar refractivity (Wildman–Crippen MR) is 204 cm³/mol. The van der Waals surface area contributed by atoms with E-state index in [9.17, 15) is 9.59 Å². The molecule has 0 bridgehead atoms. The third kappa shape index (κ3) is 5.83. The lowest BCUT2D eigenvalue weighted by molar-refractivity contribution is -0.185. The molecule has 4 saturated carbocycles. The average Bonchev–Trinajstić information content (AvgIpc) is 3.07. The molecule has 2 aromatic carbocycles. The molecule has 0 aliphatic heterocycles. The zero-order valence-corrected chi connectivity index (χ0v) is 33.1. The van der Waals surface area contributed by atoms with E-state index in [1.807, 2.05) is 36.4 Å². The molecule has 4 fully saturated rings. The van der Waals surface area contributed by atoms with Gasteiger partial charge in [0.05, 0.1) is 5.41 Å². The first-order valence-corrected chi connectivity index (χ1v) is 19.8. The van der Waals surface area contributed by atoms with Gasteiger partial charge in [-0.2, -0.15) is 0 Å². The van der Waals surface area contributed by atoms with Gasteiger partial charge in [-0.05, 0) is 108 Å². The van der Waals surface area contributed by atoms with Crippen molar-refractivity contribution in [3.8, 4) is 0 Å². The summed E-state index contributed by atoms with van der Waals surface area (Å²) in [4.78, 5) is 34.3. The third-order valence-electron chi connectivity index (χ3n) is 15.2. The van der Waals surface area contributed by atoms with Gasteiger partial charge in [-0.3, -0.25) is 9.59 Å². The molecule has 0 heterocycles. The van der Waals surface area contributed by atoms with Crippen molar-refractivity contribution in [2.45, 2.75) is 119 Å². The number of hydrogen-bond donors (Lipinski definition) is 0. The number of allylic oxidation sites excluding steroid dienone is 2. The van der Waals surface area contributed by atoms with Gasteiger partial charge in [0.15, 0.2) is 5.78 Å². The Morgan fingerprint density at radius 1 is 0.882 bits per heavy atom. The molecule has 0 unspecified atom stereocenters. The fourth-order valence-electron chi connectivity index (χ4n) is 12.1. The fraction of sp³-hybridized carbons (Fsp3) is 0.614. The number of fused-ring (bicyclic) bond motifs is 7. The van der Waals surface area contributed by atoms with E-state index in [1.165, 1.54) is 5.57 Å². The van der Waals surface area contributed by atoms with Crippen LogP contribution in [0.3, 0.4) is 0 Å². The van der Waals surface area contributed by atoms with Crippen LogP contribution in [0.1, 0.15) is 117 Å². The second kappa shape index (κ2) is 12.8. The van der Waals surface area contributed by atoms with Crippen molar-refractivity contribution in [2.24, 2.45) is 55.4 Å². The lowest BCUT2D eigenvalue weighted by Crippen LogP contribution is -2.66. The quantitative estimate of drug-likeness (QED) is 0.168. The van der Waals surface area contributed by atoms with Crippen molar-refractivity contribution < 1.29 is 19.2 Å². The van der Waals surface area contributed by atoms with E-state index < -0.39 is 10.8 Å². The minimum Gasteiger partial charge on any atom is -0.460 e. The van der Waals surface area contributed by atoms with Crippen LogP contribution in [0, 0.1) is 50.2 Å². The zero-order chi connectivity index (χ0) is 36.6. The number of nitrogens with zero attached hydrogens (tertiary/aromatic N) is 1. The third-order valence-corrected chi connectivity index (χ3v) is 15.8. The van der Waals surface area contributed by atoms with E-state index in [2.05, 4.69) is 59.7 Å². The van der Waals surface area contributed by atoms with Gasteiger partial charge in [-0.1, -0.05) is 125 Å². The van der Waals surface area contributed by atoms with Crippen molar-refractivity contribution in [3.05, 3.63) is 81.4 Å². The van der Waals surface area contributed by atoms with Gasteiger partial charge in [-0.15, -0.1) is 0 Å². The molecule has 7 atom stereocenters. The Kier molecular flexibility index (Phi) is 9.18. The zero-order valence-electron chi connectivity index (χ0n) is 31.5. The summed E-state index contributed by atoms with van der Waals surface area (Å²) in [6, 6.07) is 15.4. The highest BCUT2D eigenvalue weighted by Gasteiger charge is 2.70. The van der Waals surface area contributed by atoms with Gasteiger partial charge < -0.3 is 9.57 Å². The minimum atomic E-state index is -0.559. The van der Waals surface area contributed by atoms with Gasteiger partial charge >= 0.3 is 5.97 Å². The largest absolute Gasteiger partial charge is 0.460 e. The number of carbonyl (C=O) groups is 2. The first-order valence-electron chi connectivity index (χ1n) is 19.1. The molecule has 5 aliphatic carbocycles. The van der Waals surface area contributed by atoms with Crippen LogP contribution >= 0.6 is 23.2 Å². The molecule has 0 spiro atoms. The van der Waals surface area contributed by atoms with E-state index in [4.69, 9.17) is 32.8 Å². The van der Waals surface area contributed by atoms with Crippen LogP contribution in [-0.4, -0.2) is 17.5 Å². The first-order chi connectivity index (χ1) is 24.0. The SMILES string of the molecule is CC1(C)CC[C@]2(C(=O)OCc3ccccc3)CC[C@]3(C)C(=CC[C@@H]4[C@@]5(C)C/C(=N\OCc6ccc(Cl)cc6Cl)C(=O)C(C)(C)[C@@H]5CC[C@]43C)[C@@H]2C1. The minimum absolute atomic E-state index is 0.00327. The second-order valence-electron chi connectivity index (χ2n) is 18.7. The molecule has 0 amide bonds. The van der Waals surface area contributed by atoms with Gasteiger partial charge in [0.25, 0.3) is 0 Å². The summed E-state index contributed by atoms with van der Waals surface area (Å²) in [5.41, 5.74) is 2.76. The van der Waals surface area contributed by atoms with E-state index >= 15 is 0 Å². The Hall–Kier alpha value is -2.63. The molecule has 2 aromatic rings. The van der Waals surface area contributed by atoms with Crippen molar-refractivity contribution >= 4 is 40.7 Å². The molecule has 0 N–H and O–H groups in total. The highest BCUT2D eigenvalue weighted by molar-refractivity contribution is 6.42. The molecule has 5 nitrogen and oxygen atoms in total. The van der Waals surface area contributed by atoms with Crippen LogP contribution < -0.4 is 0 Å². The summed E-state index contributed by atoms with van der Waals surface area (Å²) < 4.78 is 6.21. The molecule has 0 aromatic heterocycles. The maximum atomic E-state index is 14.3. The molecule has 0 radical (unpaired) electrons. The monoisotopic (exact) mass is 731 g/mol. The van der Waals surface area contributed by atoms with Crippen LogP contribution in [0.25, 0.3) is 0 Å². The Morgan fingerprint density at radius 2 is 1.61 bits per heavy atom. The van der Waals surface area contributed by atoms with Crippen LogP contribution in [0.15, 0.2) is 65.3 Å². The Morgan fingerprint density at radius 3 is 2.33 bits per heavy atom. The predicted octanol–water partition coefficient (Wildman–Crippen LogP) is 11.6. The van der Waals surface area contributed by atoms with Crippen LogP contribution in [0.5, 0.6) is 0 Å². The highest BCUT2D eigenvalue weighted by Crippen LogP contribution is 2.75. The first kappa shape index (κ1) is 36.7. The Balaban J connectivity index is 1.21. The highest BCUT2D eigenvalue weighted by atomic mass is 35.5. The summed E-state index contributed by atoms with van der Waals surface area (Å²) in [7, 11) is 0. The molecular formula is C44H55Cl2NO4. The topological polar surface area (TPSA) is 65.0 Å². The number of benzene rings is 2. The van der Waals surface area contributed by atoms with Crippen LogP contribution in [-0.2, 0) is 32.4 Å². The summed E-state index contributed by atoms with van der Waals surface area (Å²) in [6.45, 7) is 17.0. The second-order valence-corrected chi connectivity index (χ2v) is 19.6. The lowest BCUT2D eigenvalue weighted by atomic mass is 9.33. The van der Waals surface area contributed by atoms with Crippen molar-refractivity contribution in [3.63, 3.8) is 0 Å². The number of Topliss-reactive ketones (excluding diaryl/α,β-unsaturated/α-hetero) is 1. The Labute approximate surface area is 314 Å². The summed E-state index contributed by atoms with van der Waals surface area (Å²) in [5, 5.41) is 5.65. The number of ether oxygens (including phenoxy) is 1. The molecule has 51 heavy (non-hydrogen) atoms. The smallest absolute Gasteiger partial charge is 0.313 e. The number of rotatable bonds is 6. The number of halogens is 2. The van der Waals surface area contributed by atoms with Gasteiger partial charge in [0, 0.05) is 27.4 Å². The average molecular weight is 733 g/mol. The number of oxime groups is 1. The number of esters is 1. The molecule has 0 saturated heterocycles. The molecule has 7 rings (SSSR count). The number of ketones is 1. The van der Waals surface area contributed by atoms with E-state index in [0.29, 0.717) is 34.7 Å². The maximum absolute atomic E-state index is 14.3. The fourth-order valence-corrected chi connectivity index (χ4v) is 12.6. The van der Waals surface area contributed by atoms with Crippen molar-refractivity contribution in [1.29, 1.82) is 0 Å². The maximum Gasteiger partial charge on any atom is 0.313 e. The standard InChI is InChI=1S/C44H55Cl2NO4/c1-39(2)19-21-44(38(49)50-26-28-11-9-8-10-12-28)22-20-42(6)31(32(44)24-39)15-16-36-41(5)25-34(47-51-27-29-13-14-30(45)23-33(29)46)37(48)40(3,4)35(41)17-18-43(36,42)7/h8-15,23,32,35-36H,16-22,24-27H2,1-7H3/b47-34+/t32-,35-,36+,41-,42+,43+,44-/m0/s1.